The van der Waals surface area contributed by atoms with Crippen molar-refractivity contribution in [2.45, 2.75) is 37.3 Å². The third kappa shape index (κ3) is 5.31. The van der Waals surface area contributed by atoms with Crippen LogP contribution in [0.3, 0.4) is 0 Å². The largest absolute Gasteiger partial charge is 0.309 e. The molecule has 3 rings (SSSR count). The average Bonchev–Trinajstić information content (AvgIpc) is 3.14. The Kier molecular flexibility index (Phi) is 7.60. The van der Waals surface area contributed by atoms with Crippen molar-refractivity contribution in [1.82, 2.24) is 9.88 Å². The number of benzene rings is 2. The minimum absolute atomic E-state index is 0.151. The number of aryl methyl sites for hydroxylation is 1. The molecule has 0 saturated heterocycles. The molecule has 0 fully saturated rings. The summed E-state index contributed by atoms with van der Waals surface area (Å²) in [5.74, 6) is -0.271. The van der Waals surface area contributed by atoms with Crippen molar-refractivity contribution in [1.29, 1.82) is 0 Å². The number of halogens is 1. The van der Waals surface area contributed by atoms with E-state index in [1.807, 2.05) is 33.2 Å². The van der Waals surface area contributed by atoms with Gasteiger partial charge in [0.1, 0.15) is 0 Å². The van der Waals surface area contributed by atoms with Crippen LogP contribution in [-0.4, -0.2) is 56.6 Å². The van der Waals surface area contributed by atoms with Gasteiger partial charge in [-0.2, -0.15) is 0 Å². The van der Waals surface area contributed by atoms with Crippen LogP contribution in [0.1, 0.15) is 36.2 Å². The zero-order chi connectivity index (χ0) is 23.6. The van der Waals surface area contributed by atoms with E-state index in [1.54, 1.807) is 30.9 Å². The predicted octanol–water partition coefficient (Wildman–Crippen LogP) is 5.04. The van der Waals surface area contributed by atoms with Crippen molar-refractivity contribution in [3.8, 4) is 0 Å². The van der Waals surface area contributed by atoms with Gasteiger partial charge in [-0.3, -0.25) is 9.69 Å². The summed E-state index contributed by atoms with van der Waals surface area (Å²) in [4.78, 5) is 22.1. The molecule has 0 spiro atoms. The number of nitrogens with zero attached hydrogens (tertiary/aromatic N) is 3. The summed E-state index contributed by atoms with van der Waals surface area (Å²) >= 11 is 7.62. The zero-order valence-corrected chi connectivity index (χ0v) is 21.3. The number of hydrogen-bond donors (Lipinski definition) is 0. The molecule has 0 aliphatic heterocycles. The van der Waals surface area contributed by atoms with Crippen molar-refractivity contribution in [3.05, 3.63) is 52.5 Å². The average molecular weight is 494 g/mol. The van der Waals surface area contributed by atoms with E-state index in [4.69, 9.17) is 16.6 Å². The molecule has 1 heterocycles. The lowest BCUT2D eigenvalue weighted by atomic mass is 10.2. The molecule has 0 N–H and O–H groups in total. The van der Waals surface area contributed by atoms with Crippen LogP contribution >= 0.6 is 22.9 Å². The fourth-order valence-electron chi connectivity index (χ4n) is 3.32. The zero-order valence-electron chi connectivity index (χ0n) is 18.9. The van der Waals surface area contributed by atoms with E-state index >= 15 is 0 Å². The highest BCUT2D eigenvalue weighted by molar-refractivity contribution is 7.92. The number of carbonyl (C=O) groups is 1. The number of amides is 1. The minimum Gasteiger partial charge on any atom is -0.309 e. The Morgan fingerprint density at radius 1 is 1.16 bits per heavy atom. The lowest BCUT2D eigenvalue weighted by Crippen LogP contribution is -2.33. The standard InChI is InChI=1S/C23H28ClN3O3S2/c1-15(2)32(29,30)19-9-6-8-17(13-19)22(28)27(11-7-10-26(4)5)23-25-21-16(3)12-18(24)14-20(21)31-23/h6,8-9,12-15H,7,10-11H2,1-5H3. The Balaban J connectivity index is 2.03. The Morgan fingerprint density at radius 3 is 2.53 bits per heavy atom. The fraction of sp³-hybridized carbons (Fsp3) is 0.391. The fourth-order valence-corrected chi connectivity index (χ4v) is 5.87. The van der Waals surface area contributed by atoms with Crippen LogP contribution in [0.25, 0.3) is 10.2 Å². The lowest BCUT2D eigenvalue weighted by Gasteiger charge is -2.21. The van der Waals surface area contributed by atoms with E-state index in [9.17, 15) is 13.2 Å². The van der Waals surface area contributed by atoms with Crippen molar-refractivity contribution in [3.63, 3.8) is 0 Å². The molecule has 0 bridgehead atoms. The third-order valence-electron chi connectivity index (χ3n) is 5.13. The molecule has 172 valence electrons. The number of fused-ring (bicyclic) bond motifs is 1. The second kappa shape index (κ2) is 9.87. The van der Waals surface area contributed by atoms with Crippen LogP contribution in [0, 0.1) is 6.92 Å². The summed E-state index contributed by atoms with van der Waals surface area (Å²) in [7, 11) is 0.476. The van der Waals surface area contributed by atoms with Gasteiger partial charge in [0.15, 0.2) is 15.0 Å². The van der Waals surface area contributed by atoms with Crippen LogP contribution < -0.4 is 4.90 Å². The molecule has 0 aliphatic carbocycles. The van der Waals surface area contributed by atoms with E-state index in [0.29, 0.717) is 22.3 Å². The van der Waals surface area contributed by atoms with Gasteiger partial charge in [0, 0.05) is 17.1 Å². The molecule has 2 aromatic carbocycles. The second-order valence-electron chi connectivity index (χ2n) is 8.30. The normalized spacial score (nSPS) is 12.1. The summed E-state index contributed by atoms with van der Waals surface area (Å²) in [6.07, 6.45) is 0.748. The Bertz CT molecular complexity index is 1240. The number of hydrogen-bond acceptors (Lipinski definition) is 6. The monoisotopic (exact) mass is 493 g/mol. The summed E-state index contributed by atoms with van der Waals surface area (Å²) < 4.78 is 26.2. The second-order valence-corrected chi connectivity index (χ2v) is 12.3. The Hall–Kier alpha value is -2.00. The highest BCUT2D eigenvalue weighted by Crippen LogP contribution is 2.34. The number of aromatic nitrogens is 1. The number of thiazole rings is 1. The first-order chi connectivity index (χ1) is 15.0. The minimum atomic E-state index is -3.49. The molecular weight excluding hydrogens is 466 g/mol. The van der Waals surface area contributed by atoms with E-state index < -0.39 is 15.1 Å². The molecule has 0 unspecified atom stereocenters. The summed E-state index contributed by atoms with van der Waals surface area (Å²) in [6, 6.07) is 9.96. The molecule has 1 aromatic heterocycles. The van der Waals surface area contributed by atoms with Gasteiger partial charge < -0.3 is 4.90 Å². The number of anilines is 1. The van der Waals surface area contributed by atoms with E-state index in [0.717, 1.165) is 28.7 Å². The first-order valence-electron chi connectivity index (χ1n) is 10.4. The van der Waals surface area contributed by atoms with Crippen LogP contribution in [-0.2, 0) is 9.84 Å². The molecule has 9 heteroatoms. The highest BCUT2D eigenvalue weighted by Gasteiger charge is 2.25. The molecular formula is C23H28ClN3O3S2. The molecule has 6 nitrogen and oxygen atoms in total. The number of rotatable bonds is 8. The molecule has 3 aromatic rings. The van der Waals surface area contributed by atoms with Gasteiger partial charge >= 0.3 is 0 Å². The first-order valence-corrected chi connectivity index (χ1v) is 13.1. The summed E-state index contributed by atoms with van der Waals surface area (Å²) in [6.45, 7) is 6.47. The van der Waals surface area contributed by atoms with Crippen LogP contribution in [0.4, 0.5) is 5.13 Å². The number of carbonyl (C=O) groups excluding carboxylic acids is 1. The van der Waals surface area contributed by atoms with E-state index in [1.165, 1.54) is 23.5 Å². The maximum absolute atomic E-state index is 13.6. The van der Waals surface area contributed by atoms with Gasteiger partial charge in [0.05, 0.1) is 20.4 Å². The summed E-state index contributed by atoms with van der Waals surface area (Å²) in [5.41, 5.74) is 2.09. The number of sulfone groups is 1. The summed E-state index contributed by atoms with van der Waals surface area (Å²) in [5, 5.41) is 0.634. The van der Waals surface area contributed by atoms with Gasteiger partial charge in [-0.15, -0.1) is 0 Å². The third-order valence-corrected chi connectivity index (χ3v) is 8.53. The van der Waals surface area contributed by atoms with Crippen LogP contribution in [0.2, 0.25) is 5.02 Å². The van der Waals surface area contributed by atoms with Crippen LogP contribution in [0.5, 0.6) is 0 Å². The SMILES string of the molecule is Cc1cc(Cl)cc2sc(N(CCCN(C)C)C(=O)c3cccc(S(=O)(=O)C(C)C)c3)nc12. The van der Waals surface area contributed by atoms with Gasteiger partial charge in [0.25, 0.3) is 5.91 Å². The van der Waals surface area contributed by atoms with E-state index in [-0.39, 0.29) is 10.8 Å². The Morgan fingerprint density at radius 2 is 1.88 bits per heavy atom. The van der Waals surface area contributed by atoms with Crippen LogP contribution in [0.15, 0.2) is 41.3 Å². The topological polar surface area (TPSA) is 70.6 Å². The first kappa shape index (κ1) is 24.6. The maximum atomic E-state index is 13.6. The van der Waals surface area contributed by atoms with Gasteiger partial charge in [-0.1, -0.05) is 29.0 Å². The van der Waals surface area contributed by atoms with Crippen molar-refractivity contribution >= 4 is 54.0 Å². The quantitative estimate of drug-likeness (QED) is 0.439. The maximum Gasteiger partial charge on any atom is 0.260 e. The van der Waals surface area contributed by atoms with Crippen molar-refractivity contribution in [2.24, 2.45) is 0 Å². The molecule has 0 saturated carbocycles. The van der Waals surface area contributed by atoms with Crippen molar-refractivity contribution < 1.29 is 13.2 Å². The van der Waals surface area contributed by atoms with Crippen molar-refractivity contribution in [2.75, 3.05) is 32.1 Å². The molecule has 1 amide bonds. The van der Waals surface area contributed by atoms with E-state index in [2.05, 4.69) is 4.90 Å². The molecule has 0 aliphatic rings. The van der Waals surface area contributed by atoms with Gasteiger partial charge in [-0.05, 0) is 83.7 Å². The van der Waals surface area contributed by atoms with Gasteiger partial charge in [0.2, 0.25) is 0 Å². The smallest absolute Gasteiger partial charge is 0.260 e. The molecule has 32 heavy (non-hydrogen) atoms. The van der Waals surface area contributed by atoms with Gasteiger partial charge in [-0.25, -0.2) is 13.4 Å². The molecule has 0 atom stereocenters. The lowest BCUT2D eigenvalue weighted by molar-refractivity contribution is 0.0986. The highest BCUT2D eigenvalue weighted by atomic mass is 35.5. The molecule has 0 radical (unpaired) electrons. The Labute approximate surface area is 198 Å². The predicted molar refractivity (Wildman–Crippen MR) is 133 cm³/mol.